The number of thiophene rings is 1. The van der Waals surface area contributed by atoms with Crippen LogP contribution in [0, 0.1) is 0 Å². The molecule has 0 saturated carbocycles. The number of hydrogen-bond acceptors (Lipinski definition) is 2. The van der Waals surface area contributed by atoms with Gasteiger partial charge in [0.05, 0.1) is 5.69 Å². The fourth-order valence-corrected chi connectivity index (χ4v) is 8.05. The normalized spacial score (nSPS) is 11.2. The fraction of sp³-hybridized carbons (Fsp3) is 0. The second-order valence-electron chi connectivity index (χ2n) is 12.6. The molecule has 2 heteroatoms. The molecule has 0 aliphatic heterocycles. The first-order chi connectivity index (χ1) is 24.8. The predicted octanol–water partition coefficient (Wildman–Crippen LogP) is 14.2. The summed E-state index contributed by atoms with van der Waals surface area (Å²) in [4.78, 5) is 2.42. The van der Waals surface area contributed by atoms with Gasteiger partial charge in [-0.1, -0.05) is 152 Å². The Labute approximate surface area is 297 Å². The average molecular weight is 656 g/mol. The van der Waals surface area contributed by atoms with E-state index in [9.17, 15) is 0 Å². The highest BCUT2D eigenvalue weighted by atomic mass is 32.1. The average Bonchev–Trinajstić information content (AvgIpc) is 3.58. The highest BCUT2D eigenvalue weighted by molar-refractivity contribution is 7.25. The van der Waals surface area contributed by atoms with Gasteiger partial charge in [-0.15, -0.1) is 11.3 Å². The van der Waals surface area contributed by atoms with E-state index in [1.807, 2.05) is 11.3 Å². The highest BCUT2D eigenvalue weighted by Gasteiger charge is 2.20. The molecule has 0 fully saturated rings. The van der Waals surface area contributed by atoms with E-state index in [1.54, 1.807) is 0 Å². The third kappa shape index (κ3) is 5.66. The monoisotopic (exact) mass is 655 g/mol. The lowest BCUT2D eigenvalue weighted by Crippen LogP contribution is -2.11. The highest BCUT2D eigenvalue weighted by Crippen LogP contribution is 2.45. The van der Waals surface area contributed by atoms with Crippen molar-refractivity contribution in [1.29, 1.82) is 0 Å². The van der Waals surface area contributed by atoms with E-state index < -0.39 is 0 Å². The summed E-state index contributed by atoms with van der Waals surface area (Å²) in [6.07, 6.45) is 0. The Kier molecular flexibility index (Phi) is 7.77. The van der Waals surface area contributed by atoms with Crippen molar-refractivity contribution in [2.24, 2.45) is 0 Å². The summed E-state index contributed by atoms with van der Waals surface area (Å²) in [5.41, 5.74) is 13.0. The van der Waals surface area contributed by atoms with Gasteiger partial charge in [0.25, 0.3) is 0 Å². The van der Waals surface area contributed by atoms with Crippen LogP contribution in [-0.2, 0) is 0 Å². The molecule has 0 radical (unpaired) electrons. The number of fused-ring (bicyclic) bond motifs is 3. The van der Waals surface area contributed by atoms with Crippen molar-refractivity contribution < 1.29 is 0 Å². The minimum atomic E-state index is 1.11. The molecule has 8 aromatic carbocycles. The standard InChI is InChI=1S/C48H33NS/c1-4-12-34(13-5-1)36-20-22-38(23-21-36)40-26-30-46(44(32-40)39-16-8-3-9-17-39)49(41-27-24-37(25-28-41)35-14-6-2-7-15-35)42-29-31-48-45(33-42)43-18-10-11-19-47(43)50-48/h1-33H. The zero-order valence-corrected chi connectivity index (χ0v) is 28.2. The molecule has 0 amide bonds. The lowest BCUT2D eigenvalue weighted by Gasteiger charge is -2.29. The first-order valence-corrected chi connectivity index (χ1v) is 17.8. The summed E-state index contributed by atoms with van der Waals surface area (Å²) >= 11 is 1.85. The summed E-state index contributed by atoms with van der Waals surface area (Å²) in [5, 5.41) is 2.58. The molecule has 0 N–H and O–H groups in total. The van der Waals surface area contributed by atoms with Crippen molar-refractivity contribution in [2.75, 3.05) is 4.90 Å². The molecular formula is C48H33NS. The van der Waals surface area contributed by atoms with Crippen LogP contribution < -0.4 is 4.90 Å². The van der Waals surface area contributed by atoms with E-state index in [2.05, 4.69) is 205 Å². The van der Waals surface area contributed by atoms with Crippen LogP contribution in [0.5, 0.6) is 0 Å². The number of benzene rings is 8. The molecule has 9 aromatic rings. The minimum absolute atomic E-state index is 1.11. The Morgan fingerprint density at radius 2 is 0.760 bits per heavy atom. The Morgan fingerprint density at radius 3 is 1.40 bits per heavy atom. The number of anilines is 3. The lowest BCUT2D eigenvalue weighted by molar-refractivity contribution is 1.29. The van der Waals surface area contributed by atoms with Gasteiger partial charge in [0.15, 0.2) is 0 Å². The largest absolute Gasteiger partial charge is 0.310 e. The SMILES string of the molecule is c1ccc(-c2ccc(-c3ccc(N(c4ccc(-c5ccccc5)cc4)c4ccc5sc6ccccc6c5c4)c(-c4ccccc4)c3)cc2)cc1. The van der Waals surface area contributed by atoms with E-state index in [1.165, 1.54) is 64.7 Å². The summed E-state index contributed by atoms with van der Waals surface area (Å²) in [7, 11) is 0. The Bertz CT molecular complexity index is 2550. The molecular weight excluding hydrogens is 623 g/mol. The molecule has 0 bridgehead atoms. The third-order valence-corrected chi connectivity index (χ3v) is 10.7. The maximum absolute atomic E-state index is 2.42. The predicted molar refractivity (Wildman–Crippen MR) is 216 cm³/mol. The second kappa shape index (κ2) is 13.0. The van der Waals surface area contributed by atoms with Crippen LogP contribution in [0.15, 0.2) is 200 Å². The van der Waals surface area contributed by atoms with Gasteiger partial charge in [-0.3, -0.25) is 0 Å². The van der Waals surface area contributed by atoms with Crippen molar-refractivity contribution in [1.82, 2.24) is 0 Å². The van der Waals surface area contributed by atoms with Crippen LogP contribution in [0.3, 0.4) is 0 Å². The molecule has 236 valence electrons. The van der Waals surface area contributed by atoms with E-state index in [-0.39, 0.29) is 0 Å². The van der Waals surface area contributed by atoms with Gasteiger partial charge >= 0.3 is 0 Å². The smallest absolute Gasteiger partial charge is 0.0540 e. The van der Waals surface area contributed by atoms with Crippen molar-refractivity contribution in [3.8, 4) is 44.5 Å². The second-order valence-corrected chi connectivity index (χ2v) is 13.7. The van der Waals surface area contributed by atoms with Gasteiger partial charge in [0.1, 0.15) is 0 Å². The van der Waals surface area contributed by atoms with Crippen molar-refractivity contribution >= 4 is 48.6 Å². The van der Waals surface area contributed by atoms with Gasteiger partial charge in [-0.25, -0.2) is 0 Å². The number of nitrogens with zero attached hydrogens (tertiary/aromatic N) is 1. The van der Waals surface area contributed by atoms with Gasteiger partial charge in [-0.05, 0) is 87.5 Å². The number of hydrogen-bond donors (Lipinski definition) is 0. The van der Waals surface area contributed by atoms with Gasteiger partial charge in [-0.2, -0.15) is 0 Å². The summed E-state index contributed by atoms with van der Waals surface area (Å²) < 4.78 is 2.61. The molecule has 1 aromatic heterocycles. The quantitative estimate of drug-likeness (QED) is 0.165. The Balaban J connectivity index is 1.21. The maximum Gasteiger partial charge on any atom is 0.0540 e. The van der Waals surface area contributed by atoms with Crippen LogP contribution in [0.1, 0.15) is 0 Å². The molecule has 50 heavy (non-hydrogen) atoms. The molecule has 1 nitrogen and oxygen atoms in total. The molecule has 0 aliphatic rings. The van der Waals surface area contributed by atoms with E-state index in [0.29, 0.717) is 0 Å². The molecule has 1 heterocycles. The minimum Gasteiger partial charge on any atom is -0.310 e. The van der Waals surface area contributed by atoms with Crippen molar-refractivity contribution in [3.63, 3.8) is 0 Å². The van der Waals surface area contributed by atoms with Crippen molar-refractivity contribution in [2.45, 2.75) is 0 Å². The van der Waals surface area contributed by atoms with E-state index >= 15 is 0 Å². The Morgan fingerprint density at radius 1 is 0.300 bits per heavy atom. The van der Waals surface area contributed by atoms with E-state index in [0.717, 1.165) is 17.1 Å². The molecule has 0 aliphatic carbocycles. The van der Waals surface area contributed by atoms with Gasteiger partial charge in [0.2, 0.25) is 0 Å². The Hall–Kier alpha value is -6.22. The summed E-state index contributed by atoms with van der Waals surface area (Å²) in [6.45, 7) is 0. The summed E-state index contributed by atoms with van der Waals surface area (Å²) in [5.74, 6) is 0. The van der Waals surface area contributed by atoms with E-state index in [4.69, 9.17) is 0 Å². The van der Waals surface area contributed by atoms with Crippen molar-refractivity contribution in [3.05, 3.63) is 200 Å². The first kappa shape index (κ1) is 29.9. The molecule has 9 rings (SSSR count). The topological polar surface area (TPSA) is 3.24 Å². The lowest BCUT2D eigenvalue weighted by atomic mass is 9.95. The summed E-state index contributed by atoms with van der Waals surface area (Å²) in [6, 6.07) is 72.4. The van der Waals surface area contributed by atoms with Crippen LogP contribution >= 0.6 is 11.3 Å². The van der Waals surface area contributed by atoms with Gasteiger partial charge in [0, 0.05) is 37.1 Å². The first-order valence-electron chi connectivity index (χ1n) is 17.0. The van der Waals surface area contributed by atoms with Crippen LogP contribution in [0.4, 0.5) is 17.1 Å². The number of rotatable bonds is 7. The fourth-order valence-electron chi connectivity index (χ4n) is 6.96. The zero-order valence-electron chi connectivity index (χ0n) is 27.4. The van der Waals surface area contributed by atoms with Crippen LogP contribution in [-0.4, -0.2) is 0 Å². The van der Waals surface area contributed by atoms with Gasteiger partial charge < -0.3 is 4.90 Å². The van der Waals surface area contributed by atoms with Crippen LogP contribution in [0.25, 0.3) is 64.7 Å². The maximum atomic E-state index is 2.42. The molecule has 0 spiro atoms. The zero-order chi connectivity index (χ0) is 33.3. The third-order valence-electron chi connectivity index (χ3n) is 9.50. The molecule has 0 unspecified atom stereocenters. The van der Waals surface area contributed by atoms with Crippen LogP contribution in [0.2, 0.25) is 0 Å². The molecule has 0 atom stereocenters. The molecule has 0 saturated heterocycles.